The van der Waals surface area contributed by atoms with E-state index < -0.39 is 11.6 Å². The lowest BCUT2D eigenvalue weighted by Gasteiger charge is -1.98. The van der Waals surface area contributed by atoms with Crippen molar-refractivity contribution in [2.45, 2.75) is 25.3 Å². The zero-order valence-electron chi connectivity index (χ0n) is 9.49. The van der Waals surface area contributed by atoms with Crippen molar-refractivity contribution in [3.05, 3.63) is 41.2 Å². The molecule has 2 aromatic rings. The molecule has 1 aromatic heterocycles. The van der Waals surface area contributed by atoms with Gasteiger partial charge in [-0.25, -0.2) is 8.78 Å². The number of hydrogen-bond donors (Lipinski definition) is 1. The van der Waals surface area contributed by atoms with E-state index in [9.17, 15) is 8.78 Å². The number of hydrogen-bond acceptors (Lipinski definition) is 4. The molecule has 1 aliphatic rings. The molecule has 0 radical (unpaired) electrons. The second-order valence-corrected chi connectivity index (χ2v) is 4.39. The Hall–Kier alpha value is -1.98. The van der Waals surface area contributed by atoms with Gasteiger partial charge in [-0.05, 0) is 30.5 Å². The minimum absolute atomic E-state index is 0.241. The van der Waals surface area contributed by atoms with Crippen LogP contribution in [0.5, 0.6) is 0 Å². The van der Waals surface area contributed by atoms with E-state index in [4.69, 9.17) is 4.52 Å². The van der Waals surface area contributed by atoms with Crippen molar-refractivity contribution in [1.29, 1.82) is 0 Å². The number of benzene rings is 1. The molecule has 0 amide bonds. The van der Waals surface area contributed by atoms with Crippen molar-refractivity contribution in [3.8, 4) is 0 Å². The van der Waals surface area contributed by atoms with Gasteiger partial charge < -0.3 is 9.84 Å². The Morgan fingerprint density at radius 3 is 2.61 bits per heavy atom. The molecule has 0 unspecified atom stereocenters. The Morgan fingerprint density at radius 2 is 1.94 bits per heavy atom. The first-order valence-corrected chi connectivity index (χ1v) is 5.73. The molecule has 0 spiro atoms. The predicted octanol–water partition coefficient (Wildman–Crippen LogP) is 2.51. The van der Waals surface area contributed by atoms with E-state index in [0.717, 1.165) is 18.9 Å². The third kappa shape index (κ3) is 2.64. The van der Waals surface area contributed by atoms with Crippen LogP contribution >= 0.6 is 0 Å². The summed E-state index contributed by atoms with van der Waals surface area (Å²) in [6.45, 7) is 0. The Balaban J connectivity index is 1.72. The molecule has 1 heterocycles. The van der Waals surface area contributed by atoms with Crippen LogP contribution in [0.25, 0.3) is 0 Å². The SMILES string of the molecule is Fc1cc(F)cc(Cc2noc(NC3CC3)n2)c1. The summed E-state index contributed by atoms with van der Waals surface area (Å²) in [5, 5.41) is 6.81. The summed E-state index contributed by atoms with van der Waals surface area (Å²) >= 11 is 0. The topological polar surface area (TPSA) is 51.0 Å². The highest BCUT2D eigenvalue weighted by atomic mass is 19.1. The quantitative estimate of drug-likeness (QED) is 0.907. The second kappa shape index (κ2) is 4.36. The standard InChI is InChI=1S/C12H11F2N3O/c13-8-3-7(4-9(14)6-8)5-11-16-12(18-17-11)15-10-1-2-10/h3-4,6,10H,1-2,5H2,(H,15,16,17). The Morgan fingerprint density at radius 1 is 1.22 bits per heavy atom. The van der Waals surface area contributed by atoms with Gasteiger partial charge in [0.05, 0.1) is 0 Å². The number of nitrogens with one attached hydrogen (secondary N) is 1. The molecule has 0 atom stereocenters. The van der Waals surface area contributed by atoms with Crippen molar-refractivity contribution < 1.29 is 13.3 Å². The third-order valence-corrected chi connectivity index (χ3v) is 2.66. The molecular weight excluding hydrogens is 240 g/mol. The third-order valence-electron chi connectivity index (χ3n) is 2.66. The molecule has 1 saturated carbocycles. The van der Waals surface area contributed by atoms with E-state index in [1.54, 1.807) is 0 Å². The van der Waals surface area contributed by atoms with Crippen LogP contribution in [0.15, 0.2) is 22.7 Å². The van der Waals surface area contributed by atoms with E-state index in [-0.39, 0.29) is 6.42 Å². The maximum absolute atomic E-state index is 13.0. The zero-order valence-corrected chi connectivity index (χ0v) is 9.49. The highest BCUT2D eigenvalue weighted by Gasteiger charge is 2.23. The van der Waals surface area contributed by atoms with Crippen LogP contribution < -0.4 is 5.32 Å². The van der Waals surface area contributed by atoms with E-state index in [1.807, 2.05) is 0 Å². The number of nitrogens with zero attached hydrogens (tertiary/aromatic N) is 2. The van der Waals surface area contributed by atoms with Gasteiger partial charge in [-0.3, -0.25) is 0 Å². The molecule has 4 nitrogen and oxygen atoms in total. The first-order valence-electron chi connectivity index (χ1n) is 5.73. The van der Waals surface area contributed by atoms with Crippen molar-refractivity contribution in [2.24, 2.45) is 0 Å². The summed E-state index contributed by atoms with van der Waals surface area (Å²) < 4.78 is 31.0. The van der Waals surface area contributed by atoms with Gasteiger partial charge in [-0.2, -0.15) is 4.98 Å². The van der Waals surface area contributed by atoms with Gasteiger partial charge >= 0.3 is 6.01 Å². The summed E-state index contributed by atoms with van der Waals surface area (Å²) in [6, 6.07) is 4.13. The molecule has 0 saturated heterocycles. The summed E-state index contributed by atoms with van der Waals surface area (Å²) in [4.78, 5) is 4.11. The van der Waals surface area contributed by atoms with Crippen molar-refractivity contribution >= 4 is 6.01 Å². The highest BCUT2D eigenvalue weighted by molar-refractivity contribution is 5.26. The van der Waals surface area contributed by atoms with Crippen molar-refractivity contribution in [1.82, 2.24) is 10.1 Å². The monoisotopic (exact) mass is 251 g/mol. The first-order chi connectivity index (χ1) is 8.69. The highest BCUT2D eigenvalue weighted by Crippen LogP contribution is 2.23. The second-order valence-electron chi connectivity index (χ2n) is 4.39. The molecule has 3 rings (SSSR count). The molecule has 1 aliphatic carbocycles. The van der Waals surface area contributed by atoms with Crippen LogP contribution in [0, 0.1) is 11.6 Å². The fourth-order valence-electron chi connectivity index (χ4n) is 1.68. The van der Waals surface area contributed by atoms with Crippen LogP contribution in [0.2, 0.25) is 0 Å². The molecule has 1 aromatic carbocycles. The first kappa shape index (κ1) is 11.1. The van der Waals surface area contributed by atoms with Gasteiger partial charge in [0.15, 0.2) is 5.82 Å². The van der Waals surface area contributed by atoms with E-state index in [1.165, 1.54) is 12.1 Å². The minimum atomic E-state index is -0.607. The predicted molar refractivity (Wildman–Crippen MR) is 60.1 cm³/mol. The molecule has 0 aliphatic heterocycles. The fourth-order valence-corrected chi connectivity index (χ4v) is 1.68. The maximum atomic E-state index is 13.0. The largest absolute Gasteiger partial charge is 0.335 e. The molecular formula is C12H11F2N3O. The lowest BCUT2D eigenvalue weighted by molar-refractivity contribution is 0.423. The van der Waals surface area contributed by atoms with Crippen LogP contribution in [-0.4, -0.2) is 16.2 Å². The van der Waals surface area contributed by atoms with Gasteiger partial charge in [0.25, 0.3) is 0 Å². The summed E-state index contributed by atoms with van der Waals surface area (Å²) in [5.41, 5.74) is 0.478. The summed E-state index contributed by atoms with van der Waals surface area (Å²) in [5.74, 6) is -0.808. The normalized spacial score (nSPS) is 14.8. The number of rotatable bonds is 4. The average Bonchev–Trinajstić information content (AvgIpc) is 2.98. The van der Waals surface area contributed by atoms with E-state index >= 15 is 0 Å². The van der Waals surface area contributed by atoms with Gasteiger partial charge in [0.2, 0.25) is 0 Å². The van der Waals surface area contributed by atoms with Gasteiger partial charge in [0.1, 0.15) is 11.6 Å². The number of anilines is 1. The molecule has 0 bridgehead atoms. The molecule has 94 valence electrons. The molecule has 1 N–H and O–H groups in total. The minimum Gasteiger partial charge on any atom is -0.335 e. The number of halogens is 2. The van der Waals surface area contributed by atoms with Crippen LogP contribution in [-0.2, 0) is 6.42 Å². The molecule has 6 heteroatoms. The lowest BCUT2D eigenvalue weighted by atomic mass is 10.1. The summed E-state index contributed by atoms with van der Waals surface area (Å²) in [6.07, 6.45) is 2.45. The fraction of sp³-hybridized carbons (Fsp3) is 0.333. The maximum Gasteiger partial charge on any atom is 0.321 e. The molecule has 18 heavy (non-hydrogen) atoms. The van der Waals surface area contributed by atoms with E-state index in [0.29, 0.717) is 23.4 Å². The zero-order chi connectivity index (χ0) is 12.5. The van der Waals surface area contributed by atoms with Crippen LogP contribution in [0.1, 0.15) is 24.2 Å². The van der Waals surface area contributed by atoms with Crippen LogP contribution in [0.4, 0.5) is 14.8 Å². The van der Waals surface area contributed by atoms with Crippen molar-refractivity contribution in [2.75, 3.05) is 5.32 Å². The van der Waals surface area contributed by atoms with Crippen LogP contribution in [0.3, 0.4) is 0 Å². The molecule has 1 fully saturated rings. The smallest absolute Gasteiger partial charge is 0.321 e. The van der Waals surface area contributed by atoms with Crippen molar-refractivity contribution in [3.63, 3.8) is 0 Å². The number of aromatic nitrogens is 2. The van der Waals surface area contributed by atoms with Gasteiger partial charge in [0, 0.05) is 18.5 Å². The summed E-state index contributed by atoms with van der Waals surface area (Å²) in [7, 11) is 0. The van der Waals surface area contributed by atoms with Gasteiger partial charge in [-0.15, -0.1) is 0 Å². The Labute approximate surface area is 102 Å². The Kier molecular flexibility index (Phi) is 2.70. The lowest BCUT2D eigenvalue weighted by Crippen LogP contribution is -2.01. The van der Waals surface area contributed by atoms with E-state index in [2.05, 4.69) is 15.5 Å². The average molecular weight is 251 g/mol. The van der Waals surface area contributed by atoms with Gasteiger partial charge in [-0.1, -0.05) is 5.16 Å². The Bertz CT molecular complexity index is 546.